The van der Waals surface area contributed by atoms with Crippen molar-refractivity contribution in [3.8, 4) is 0 Å². The molecule has 0 atom stereocenters. The normalized spacial score (nSPS) is 15.0. The number of rotatable bonds is 3. The van der Waals surface area contributed by atoms with Crippen molar-refractivity contribution in [1.29, 1.82) is 0 Å². The van der Waals surface area contributed by atoms with Gasteiger partial charge in [-0.25, -0.2) is 4.90 Å². The zero-order valence-electron chi connectivity index (χ0n) is 17.0. The molecule has 0 radical (unpaired) electrons. The summed E-state index contributed by atoms with van der Waals surface area (Å²) in [7, 11) is 1.47. The highest BCUT2D eigenvalue weighted by molar-refractivity contribution is 6.34. The van der Waals surface area contributed by atoms with Gasteiger partial charge in [-0.2, -0.15) is 0 Å². The molecule has 31 heavy (non-hydrogen) atoms. The lowest BCUT2D eigenvalue weighted by molar-refractivity contribution is 0.0692. The molecular formula is C25H18N2O4. The van der Waals surface area contributed by atoms with Crippen molar-refractivity contribution in [2.45, 2.75) is 13.3 Å². The van der Waals surface area contributed by atoms with Crippen molar-refractivity contribution >= 4 is 29.3 Å². The minimum Gasteiger partial charge on any atom is -0.277 e. The number of anilines is 1. The Labute approximate surface area is 178 Å². The Bertz CT molecular complexity index is 1320. The predicted octanol–water partition coefficient (Wildman–Crippen LogP) is 3.61. The highest BCUT2D eigenvalue weighted by atomic mass is 16.2. The van der Waals surface area contributed by atoms with Crippen LogP contribution in [0.4, 0.5) is 5.69 Å². The number of fused-ring (bicyclic) bond motifs is 2. The van der Waals surface area contributed by atoms with E-state index in [4.69, 9.17) is 0 Å². The Morgan fingerprint density at radius 2 is 1.19 bits per heavy atom. The van der Waals surface area contributed by atoms with E-state index in [1.807, 2.05) is 37.3 Å². The first-order valence-electron chi connectivity index (χ1n) is 9.89. The van der Waals surface area contributed by atoms with Crippen LogP contribution < -0.4 is 4.90 Å². The zero-order chi connectivity index (χ0) is 21.9. The van der Waals surface area contributed by atoms with Gasteiger partial charge in [0.05, 0.1) is 27.9 Å². The molecule has 6 heteroatoms. The van der Waals surface area contributed by atoms with Gasteiger partial charge < -0.3 is 0 Å². The molecule has 0 aliphatic carbocycles. The molecule has 0 saturated heterocycles. The van der Waals surface area contributed by atoms with Gasteiger partial charge in [0.15, 0.2) is 0 Å². The molecule has 0 fully saturated rings. The highest BCUT2D eigenvalue weighted by Gasteiger charge is 2.37. The number of carbonyl (C=O) groups excluding carboxylic acids is 4. The monoisotopic (exact) mass is 410 g/mol. The smallest absolute Gasteiger partial charge is 0.266 e. The Kier molecular flexibility index (Phi) is 4.12. The van der Waals surface area contributed by atoms with E-state index >= 15 is 0 Å². The van der Waals surface area contributed by atoms with Crippen LogP contribution in [-0.4, -0.2) is 35.6 Å². The van der Waals surface area contributed by atoms with Gasteiger partial charge in [0.1, 0.15) is 0 Å². The van der Waals surface area contributed by atoms with Crippen molar-refractivity contribution in [2.75, 3.05) is 11.9 Å². The number of hydrogen-bond donors (Lipinski definition) is 0. The number of hydrogen-bond acceptors (Lipinski definition) is 4. The van der Waals surface area contributed by atoms with Gasteiger partial charge in [-0.15, -0.1) is 0 Å². The summed E-state index contributed by atoms with van der Waals surface area (Å²) in [4.78, 5) is 52.5. The van der Waals surface area contributed by atoms with Crippen molar-refractivity contribution in [2.24, 2.45) is 0 Å². The minimum absolute atomic E-state index is 0.301. The molecule has 0 spiro atoms. The molecule has 6 nitrogen and oxygen atoms in total. The summed E-state index contributed by atoms with van der Waals surface area (Å²) in [5.74, 6) is -1.29. The summed E-state index contributed by atoms with van der Waals surface area (Å²) in [6, 6.07) is 17.7. The first-order chi connectivity index (χ1) is 14.8. The fourth-order valence-electron chi connectivity index (χ4n) is 4.15. The van der Waals surface area contributed by atoms with E-state index in [2.05, 4.69) is 0 Å². The molecule has 0 N–H and O–H groups in total. The van der Waals surface area contributed by atoms with Gasteiger partial charge in [-0.1, -0.05) is 24.3 Å². The van der Waals surface area contributed by atoms with Crippen LogP contribution in [0.1, 0.15) is 58.1 Å². The maximum Gasteiger partial charge on any atom is 0.266 e. The van der Waals surface area contributed by atoms with E-state index in [1.165, 1.54) is 11.9 Å². The topological polar surface area (TPSA) is 74.8 Å². The number of imide groups is 2. The molecular weight excluding hydrogens is 392 g/mol. The van der Waals surface area contributed by atoms with Crippen LogP contribution in [0.25, 0.3) is 0 Å². The largest absolute Gasteiger partial charge is 0.277 e. The van der Waals surface area contributed by atoms with Crippen LogP contribution in [0.3, 0.4) is 0 Å². The molecule has 0 unspecified atom stereocenters. The second-order valence-corrected chi connectivity index (χ2v) is 7.89. The minimum atomic E-state index is -0.344. The Morgan fingerprint density at radius 1 is 0.645 bits per heavy atom. The van der Waals surface area contributed by atoms with E-state index in [-0.39, 0.29) is 23.6 Å². The summed E-state index contributed by atoms with van der Waals surface area (Å²) in [6.45, 7) is 1.91. The number of nitrogens with zero attached hydrogens (tertiary/aromatic N) is 2. The Morgan fingerprint density at radius 3 is 1.84 bits per heavy atom. The average molecular weight is 410 g/mol. The van der Waals surface area contributed by atoms with Crippen LogP contribution in [0.5, 0.6) is 0 Å². The van der Waals surface area contributed by atoms with E-state index in [9.17, 15) is 19.2 Å². The predicted molar refractivity (Wildman–Crippen MR) is 114 cm³/mol. The second-order valence-electron chi connectivity index (χ2n) is 7.89. The van der Waals surface area contributed by atoms with Crippen LogP contribution in [0.2, 0.25) is 0 Å². The van der Waals surface area contributed by atoms with Crippen molar-refractivity contribution in [3.05, 3.63) is 99.6 Å². The standard InChI is InChI=1S/C25H18N2O4/c1-14-4-3-5-17(10-14)27-24(30)19-9-7-16(13-21(19)25(27)31)11-15-6-8-18-20(12-15)23(29)26(2)22(18)28/h3-10,12-13H,11H2,1-2H3. The lowest BCUT2D eigenvalue weighted by Crippen LogP contribution is -2.29. The first kappa shape index (κ1) is 18.9. The molecule has 3 aromatic carbocycles. The molecule has 0 bridgehead atoms. The summed E-state index contributed by atoms with van der Waals surface area (Å²) >= 11 is 0. The Hall–Kier alpha value is -4.06. The first-order valence-corrected chi connectivity index (χ1v) is 9.89. The van der Waals surface area contributed by atoms with Crippen LogP contribution in [0.15, 0.2) is 60.7 Å². The van der Waals surface area contributed by atoms with Crippen LogP contribution in [0, 0.1) is 6.92 Å². The molecule has 3 aromatic rings. The van der Waals surface area contributed by atoms with Crippen LogP contribution in [-0.2, 0) is 6.42 Å². The maximum absolute atomic E-state index is 13.0. The average Bonchev–Trinajstić information content (AvgIpc) is 3.13. The molecule has 4 amide bonds. The molecule has 0 saturated carbocycles. The fourth-order valence-corrected chi connectivity index (χ4v) is 4.15. The van der Waals surface area contributed by atoms with E-state index in [1.54, 1.807) is 30.3 Å². The van der Waals surface area contributed by atoms with Crippen molar-refractivity contribution < 1.29 is 19.2 Å². The Balaban J connectivity index is 1.46. The molecule has 2 heterocycles. The van der Waals surface area contributed by atoms with E-state index in [0.29, 0.717) is 34.4 Å². The van der Waals surface area contributed by atoms with Gasteiger partial charge in [-0.3, -0.25) is 24.1 Å². The number of benzene rings is 3. The molecule has 5 rings (SSSR count). The van der Waals surface area contributed by atoms with Crippen LogP contribution >= 0.6 is 0 Å². The molecule has 152 valence electrons. The number of carbonyl (C=O) groups is 4. The van der Waals surface area contributed by atoms with Gasteiger partial charge in [-0.05, 0) is 66.4 Å². The summed E-state index contributed by atoms with van der Waals surface area (Å²) in [6.07, 6.45) is 0.470. The summed E-state index contributed by atoms with van der Waals surface area (Å²) in [5, 5.41) is 0. The zero-order valence-corrected chi connectivity index (χ0v) is 17.0. The van der Waals surface area contributed by atoms with Crippen molar-refractivity contribution in [1.82, 2.24) is 4.90 Å². The van der Waals surface area contributed by atoms with Gasteiger partial charge in [0.25, 0.3) is 23.6 Å². The van der Waals surface area contributed by atoms with Gasteiger partial charge >= 0.3 is 0 Å². The number of amides is 4. The van der Waals surface area contributed by atoms with Gasteiger partial charge in [0, 0.05) is 7.05 Å². The molecule has 2 aliphatic heterocycles. The third-order valence-corrected chi connectivity index (χ3v) is 5.77. The highest BCUT2D eigenvalue weighted by Crippen LogP contribution is 2.30. The molecule has 2 aliphatic rings. The summed E-state index contributed by atoms with van der Waals surface area (Å²) in [5.41, 5.74) is 4.76. The third kappa shape index (κ3) is 2.87. The SMILES string of the molecule is Cc1cccc(N2C(=O)c3ccc(Cc4ccc5c(c4)C(=O)N(C)C5=O)cc3C2=O)c1. The maximum atomic E-state index is 13.0. The van der Waals surface area contributed by atoms with Crippen molar-refractivity contribution in [3.63, 3.8) is 0 Å². The van der Waals surface area contributed by atoms with E-state index in [0.717, 1.165) is 21.6 Å². The fraction of sp³-hybridized carbons (Fsp3) is 0.120. The molecule has 0 aromatic heterocycles. The second kappa shape index (κ2) is 6.74. The van der Waals surface area contributed by atoms with E-state index < -0.39 is 0 Å². The lowest BCUT2D eigenvalue weighted by atomic mass is 9.98. The van der Waals surface area contributed by atoms with Gasteiger partial charge in [0.2, 0.25) is 0 Å². The third-order valence-electron chi connectivity index (χ3n) is 5.77. The lowest BCUT2D eigenvalue weighted by Gasteiger charge is -2.14. The quantitative estimate of drug-likeness (QED) is 0.618. The summed E-state index contributed by atoms with van der Waals surface area (Å²) < 4.78 is 0. The number of aryl methyl sites for hydroxylation is 1.